The first kappa shape index (κ1) is 14.2. The minimum atomic E-state index is 0.0230. The fraction of sp³-hybridized carbons (Fsp3) is 0.167. The topological polar surface area (TPSA) is 43.1 Å². The lowest BCUT2D eigenvalue weighted by Crippen LogP contribution is -2.42. The summed E-state index contributed by atoms with van der Waals surface area (Å²) in [5, 5.41) is 6.66. The Bertz CT molecular complexity index is 826. The summed E-state index contributed by atoms with van der Waals surface area (Å²) in [6.45, 7) is 2.18. The summed E-state index contributed by atoms with van der Waals surface area (Å²) < 4.78 is 6.80. The van der Waals surface area contributed by atoms with Gasteiger partial charge in [-0.25, -0.2) is 0 Å². The van der Waals surface area contributed by atoms with Gasteiger partial charge in [0, 0.05) is 16.3 Å². The number of benzene rings is 2. The molecule has 0 atom stereocenters. The van der Waals surface area contributed by atoms with E-state index >= 15 is 0 Å². The Morgan fingerprint density at radius 2 is 1.86 bits per heavy atom. The van der Waals surface area contributed by atoms with Crippen LogP contribution in [0.15, 0.2) is 54.7 Å². The van der Waals surface area contributed by atoms with Crippen LogP contribution in [0.2, 0.25) is 0 Å². The third-order valence-electron chi connectivity index (χ3n) is 3.63. The standard InChI is InChI=1S/C18H17N2O2/c1-13-17-6-4-3-5-15(17)11-20(19-13)12-18(21)14-7-9-16(22-2)10-8-14/h3-11H,12H2,1-2H3/q+1. The predicted octanol–water partition coefficient (Wildman–Crippen LogP) is 2.72. The van der Waals surface area contributed by atoms with Crippen molar-refractivity contribution in [1.82, 2.24) is 5.10 Å². The smallest absolute Gasteiger partial charge is 0.236 e. The summed E-state index contributed by atoms with van der Waals surface area (Å²) in [6.07, 6.45) is 1.91. The van der Waals surface area contributed by atoms with Gasteiger partial charge in [-0.05, 0) is 42.4 Å². The normalized spacial score (nSPS) is 10.6. The highest BCUT2D eigenvalue weighted by Gasteiger charge is 2.15. The van der Waals surface area contributed by atoms with E-state index in [2.05, 4.69) is 5.10 Å². The summed E-state index contributed by atoms with van der Waals surface area (Å²) in [5.74, 6) is 0.763. The van der Waals surface area contributed by atoms with Crippen LogP contribution in [0.25, 0.3) is 10.8 Å². The highest BCUT2D eigenvalue weighted by Crippen LogP contribution is 2.14. The maximum absolute atomic E-state index is 12.4. The van der Waals surface area contributed by atoms with Crippen LogP contribution < -0.4 is 9.42 Å². The van der Waals surface area contributed by atoms with E-state index < -0.39 is 0 Å². The van der Waals surface area contributed by atoms with Gasteiger partial charge in [0.2, 0.25) is 18.5 Å². The first-order chi connectivity index (χ1) is 10.7. The maximum Gasteiger partial charge on any atom is 0.236 e. The first-order valence-corrected chi connectivity index (χ1v) is 7.11. The molecule has 0 aliphatic carbocycles. The van der Waals surface area contributed by atoms with Crippen molar-refractivity contribution < 1.29 is 14.2 Å². The average Bonchev–Trinajstić information content (AvgIpc) is 2.55. The molecule has 3 aromatic rings. The molecule has 0 saturated carbocycles. The zero-order valence-corrected chi connectivity index (χ0v) is 12.6. The van der Waals surface area contributed by atoms with Crippen LogP contribution in [-0.4, -0.2) is 18.0 Å². The molecule has 0 N–H and O–H groups in total. The third kappa shape index (κ3) is 2.81. The van der Waals surface area contributed by atoms with E-state index in [1.54, 1.807) is 36.1 Å². The van der Waals surface area contributed by atoms with Crippen molar-refractivity contribution in [1.29, 1.82) is 0 Å². The Hall–Kier alpha value is -2.75. The predicted molar refractivity (Wildman–Crippen MR) is 84.0 cm³/mol. The van der Waals surface area contributed by atoms with E-state index in [9.17, 15) is 4.79 Å². The van der Waals surface area contributed by atoms with E-state index in [-0.39, 0.29) is 12.3 Å². The molecule has 0 fully saturated rings. The van der Waals surface area contributed by atoms with Gasteiger partial charge in [-0.3, -0.25) is 4.79 Å². The van der Waals surface area contributed by atoms with Gasteiger partial charge in [0.15, 0.2) is 0 Å². The Morgan fingerprint density at radius 3 is 2.59 bits per heavy atom. The van der Waals surface area contributed by atoms with Crippen molar-refractivity contribution in [2.24, 2.45) is 0 Å². The summed E-state index contributed by atoms with van der Waals surface area (Å²) in [4.78, 5) is 12.4. The van der Waals surface area contributed by atoms with Crippen molar-refractivity contribution >= 4 is 16.6 Å². The largest absolute Gasteiger partial charge is 0.497 e. The number of carbonyl (C=O) groups excluding carboxylic acids is 1. The SMILES string of the molecule is COc1ccc(C(=O)C[n+]2cc3ccccc3c(C)n2)cc1. The second kappa shape index (κ2) is 5.93. The van der Waals surface area contributed by atoms with Gasteiger partial charge in [-0.2, -0.15) is 0 Å². The molecule has 0 unspecified atom stereocenters. The minimum absolute atomic E-state index is 0.0230. The fourth-order valence-electron chi connectivity index (χ4n) is 2.47. The second-order valence-corrected chi connectivity index (χ2v) is 5.15. The minimum Gasteiger partial charge on any atom is -0.497 e. The average molecular weight is 293 g/mol. The monoisotopic (exact) mass is 293 g/mol. The zero-order chi connectivity index (χ0) is 15.5. The summed E-state index contributed by atoms with van der Waals surface area (Å²) in [6, 6.07) is 15.2. The number of fused-ring (bicyclic) bond motifs is 1. The van der Waals surface area contributed by atoms with Crippen molar-refractivity contribution in [3.8, 4) is 5.75 Å². The quantitative estimate of drug-likeness (QED) is 0.549. The van der Waals surface area contributed by atoms with E-state index in [1.165, 1.54) is 0 Å². The molecule has 1 heterocycles. The van der Waals surface area contributed by atoms with Crippen molar-refractivity contribution in [3.05, 3.63) is 66.0 Å². The van der Waals surface area contributed by atoms with Crippen LogP contribution in [-0.2, 0) is 6.54 Å². The number of aryl methyl sites for hydroxylation is 1. The van der Waals surface area contributed by atoms with Gasteiger partial charge < -0.3 is 4.74 Å². The molecule has 1 aromatic heterocycles. The van der Waals surface area contributed by atoms with Crippen LogP contribution >= 0.6 is 0 Å². The second-order valence-electron chi connectivity index (χ2n) is 5.15. The molecule has 0 radical (unpaired) electrons. The summed E-state index contributed by atoms with van der Waals surface area (Å²) >= 11 is 0. The van der Waals surface area contributed by atoms with Gasteiger partial charge in [0.05, 0.1) is 7.11 Å². The van der Waals surface area contributed by atoms with Crippen LogP contribution in [0.1, 0.15) is 16.1 Å². The van der Waals surface area contributed by atoms with Gasteiger partial charge in [0.1, 0.15) is 11.4 Å². The van der Waals surface area contributed by atoms with E-state index in [4.69, 9.17) is 4.74 Å². The molecule has 22 heavy (non-hydrogen) atoms. The highest BCUT2D eigenvalue weighted by atomic mass is 16.5. The number of hydrogen-bond donors (Lipinski definition) is 0. The van der Waals surface area contributed by atoms with Crippen LogP contribution in [0.4, 0.5) is 0 Å². The van der Waals surface area contributed by atoms with Crippen molar-refractivity contribution in [3.63, 3.8) is 0 Å². The van der Waals surface area contributed by atoms with E-state index in [0.29, 0.717) is 5.56 Å². The summed E-state index contributed by atoms with van der Waals surface area (Å²) in [5.41, 5.74) is 1.57. The molecule has 0 aliphatic rings. The number of ether oxygens (including phenoxy) is 1. The molecule has 0 spiro atoms. The Morgan fingerprint density at radius 1 is 1.14 bits per heavy atom. The number of hydrogen-bond acceptors (Lipinski definition) is 3. The molecule has 0 bridgehead atoms. The number of carbonyl (C=O) groups is 1. The molecule has 4 nitrogen and oxygen atoms in total. The fourth-order valence-corrected chi connectivity index (χ4v) is 2.47. The Kier molecular flexibility index (Phi) is 3.83. The molecular formula is C18H17N2O2+. The number of nitrogens with zero attached hydrogens (tertiary/aromatic N) is 2. The van der Waals surface area contributed by atoms with Gasteiger partial charge >= 0.3 is 0 Å². The molecule has 3 rings (SSSR count). The van der Waals surface area contributed by atoms with Crippen LogP contribution in [0.5, 0.6) is 5.75 Å². The first-order valence-electron chi connectivity index (χ1n) is 7.11. The number of ketones is 1. The molecule has 110 valence electrons. The van der Waals surface area contributed by atoms with Crippen molar-refractivity contribution in [2.75, 3.05) is 7.11 Å². The van der Waals surface area contributed by atoms with Crippen molar-refractivity contribution in [2.45, 2.75) is 13.5 Å². The van der Waals surface area contributed by atoms with E-state index in [0.717, 1.165) is 22.2 Å². The Labute approximate surface area is 129 Å². The number of rotatable bonds is 4. The molecule has 2 aromatic carbocycles. The molecular weight excluding hydrogens is 276 g/mol. The lowest BCUT2D eigenvalue weighted by molar-refractivity contribution is -0.740. The third-order valence-corrected chi connectivity index (χ3v) is 3.63. The molecule has 0 saturated heterocycles. The lowest BCUT2D eigenvalue weighted by atomic mass is 10.1. The zero-order valence-electron chi connectivity index (χ0n) is 12.6. The maximum atomic E-state index is 12.4. The van der Waals surface area contributed by atoms with Gasteiger partial charge in [-0.15, -0.1) is 0 Å². The molecule has 0 amide bonds. The summed E-state index contributed by atoms with van der Waals surface area (Å²) in [7, 11) is 1.61. The van der Waals surface area contributed by atoms with Crippen LogP contribution in [0, 0.1) is 6.92 Å². The highest BCUT2D eigenvalue weighted by molar-refractivity contribution is 5.95. The van der Waals surface area contributed by atoms with Gasteiger partial charge in [0.25, 0.3) is 0 Å². The number of aromatic nitrogens is 2. The molecule has 0 aliphatic heterocycles. The number of methoxy groups -OCH3 is 1. The Balaban J connectivity index is 1.87. The van der Waals surface area contributed by atoms with Gasteiger partial charge in [-0.1, -0.05) is 22.9 Å². The van der Waals surface area contributed by atoms with Crippen LogP contribution in [0.3, 0.4) is 0 Å². The lowest BCUT2D eigenvalue weighted by Gasteiger charge is -2.02. The molecule has 4 heteroatoms. The van der Waals surface area contributed by atoms with E-state index in [1.807, 2.05) is 37.4 Å². The number of Topliss-reactive ketones (excluding diaryl/α,β-unsaturated/α-hetero) is 1.